The van der Waals surface area contributed by atoms with Crippen LogP contribution in [0.1, 0.15) is 11.6 Å². The van der Waals surface area contributed by atoms with Crippen LogP contribution in [0.25, 0.3) is 0 Å². The van der Waals surface area contributed by atoms with Gasteiger partial charge in [-0.2, -0.15) is 13.2 Å². The largest absolute Gasteiger partial charge is 0.481 e. The Morgan fingerprint density at radius 1 is 1.47 bits per heavy atom. The molecule has 0 saturated carbocycles. The number of hydrogen-bond donors (Lipinski definition) is 2. The molecule has 17 heavy (non-hydrogen) atoms. The first kappa shape index (κ1) is 13.7. The van der Waals surface area contributed by atoms with Gasteiger partial charge in [0.05, 0.1) is 26.3 Å². The molecule has 0 spiro atoms. The van der Waals surface area contributed by atoms with Gasteiger partial charge in [0, 0.05) is 12.3 Å². The third-order valence-electron chi connectivity index (χ3n) is 2.10. The summed E-state index contributed by atoms with van der Waals surface area (Å²) in [5, 5.41) is 11.2. The summed E-state index contributed by atoms with van der Waals surface area (Å²) in [6.45, 7) is -1.60. The fourth-order valence-electron chi connectivity index (χ4n) is 1.25. The number of nitrogens with zero attached hydrogens (tertiary/aromatic N) is 1. The van der Waals surface area contributed by atoms with Crippen LogP contribution in [0.3, 0.4) is 0 Å². The van der Waals surface area contributed by atoms with Crippen molar-refractivity contribution in [2.24, 2.45) is 0 Å². The maximum Gasteiger partial charge on any atom is 0.401 e. The van der Waals surface area contributed by atoms with Crippen LogP contribution in [0.4, 0.5) is 13.2 Å². The second-order valence-electron chi connectivity index (χ2n) is 3.37. The summed E-state index contributed by atoms with van der Waals surface area (Å²) >= 11 is 0. The topological polar surface area (TPSA) is 54.4 Å². The number of halogens is 3. The maximum atomic E-state index is 12.0. The molecule has 7 heteroatoms. The van der Waals surface area contributed by atoms with Crippen LogP contribution >= 0.6 is 0 Å². The number of alkyl halides is 3. The zero-order valence-electron chi connectivity index (χ0n) is 9.16. The van der Waals surface area contributed by atoms with E-state index in [2.05, 4.69) is 10.3 Å². The van der Waals surface area contributed by atoms with E-state index in [1.807, 2.05) is 0 Å². The molecular formula is C10H13F3N2O2. The SMILES string of the molecule is COc1ccc(C(CO)NCC(F)(F)F)cn1. The predicted molar refractivity (Wildman–Crippen MR) is 54.7 cm³/mol. The Kier molecular flexibility index (Phi) is 4.71. The number of methoxy groups -OCH3 is 1. The molecule has 0 aliphatic carbocycles. The highest BCUT2D eigenvalue weighted by molar-refractivity contribution is 5.20. The lowest BCUT2D eigenvalue weighted by Gasteiger charge is -2.17. The van der Waals surface area contributed by atoms with E-state index in [0.717, 1.165) is 0 Å². The van der Waals surface area contributed by atoms with Gasteiger partial charge in [0.2, 0.25) is 5.88 Å². The molecule has 0 radical (unpaired) electrons. The zero-order chi connectivity index (χ0) is 12.9. The number of aliphatic hydroxyl groups excluding tert-OH is 1. The van der Waals surface area contributed by atoms with Crippen LogP contribution in [-0.4, -0.2) is 36.5 Å². The predicted octanol–water partition coefficient (Wildman–Crippen LogP) is 1.28. The van der Waals surface area contributed by atoms with Gasteiger partial charge in [-0.15, -0.1) is 0 Å². The molecule has 96 valence electrons. The van der Waals surface area contributed by atoms with Crippen molar-refractivity contribution >= 4 is 0 Å². The smallest absolute Gasteiger partial charge is 0.401 e. The fraction of sp³-hybridized carbons (Fsp3) is 0.500. The molecule has 0 amide bonds. The molecule has 0 aromatic carbocycles. The first-order valence-corrected chi connectivity index (χ1v) is 4.87. The summed E-state index contributed by atoms with van der Waals surface area (Å²) < 4.78 is 40.8. The van der Waals surface area contributed by atoms with Gasteiger partial charge in [-0.3, -0.25) is 5.32 Å². The van der Waals surface area contributed by atoms with Gasteiger partial charge in [-0.05, 0) is 5.56 Å². The van der Waals surface area contributed by atoms with E-state index >= 15 is 0 Å². The highest BCUT2D eigenvalue weighted by atomic mass is 19.4. The van der Waals surface area contributed by atoms with Gasteiger partial charge in [-0.25, -0.2) is 4.98 Å². The van der Waals surface area contributed by atoms with Crippen LogP contribution in [-0.2, 0) is 0 Å². The summed E-state index contributed by atoms with van der Waals surface area (Å²) in [4.78, 5) is 3.86. The number of nitrogens with one attached hydrogen (secondary N) is 1. The van der Waals surface area contributed by atoms with E-state index in [-0.39, 0.29) is 0 Å². The number of pyridine rings is 1. The van der Waals surface area contributed by atoms with E-state index in [1.165, 1.54) is 19.4 Å². The lowest BCUT2D eigenvalue weighted by molar-refractivity contribution is -0.126. The van der Waals surface area contributed by atoms with E-state index in [1.54, 1.807) is 6.07 Å². The van der Waals surface area contributed by atoms with Crippen LogP contribution < -0.4 is 10.1 Å². The Labute approximate surface area is 96.4 Å². The Balaban J connectivity index is 2.66. The lowest BCUT2D eigenvalue weighted by atomic mass is 10.1. The quantitative estimate of drug-likeness (QED) is 0.826. The van der Waals surface area contributed by atoms with Gasteiger partial charge in [0.25, 0.3) is 0 Å². The summed E-state index contributed by atoms with van der Waals surface area (Å²) in [6, 6.07) is 2.28. The van der Waals surface area contributed by atoms with Gasteiger partial charge >= 0.3 is 6.18 Å². The normalized spacial score (nSPS) is 13.5. The molecule has 4 nitrogen and oxygen atoms in total. The van der Waals surface area contributed by atoms with Crippen LogP contribution in [0, 0.1) is 0 Å². The fourth-order valence-corrected chi connectivity index (χ4v) is 1.25. The van der Waals surface area contributed by atoms with Crippen LogP contribution in [0.15, 0.2) is 18.3 Å². The van der Waals surface area contributed by atoms with Gasteiger partial charge in [-0.1, -0.05) is 6.07 Å². The average molecular weight is 250 g/mol. The summed E-state index contributed by atoms with van der Waals surface area (Å²) in [5.74, 6) is 0.362. The second-order valence-corrected chi connectivity index (χ2v) is 3.37. The number of rotatable bonds is 5. The Hall–Kier alpha value is -1.34. The highest BCUT2D eigenvalue weighted by Gasteiger charge is 2.28. The Bertz CT molecular complexity index is 340. The molecule has 1 atom stereocenters. The highest BCUT2D eigenvalue weighted by Crippen LogP contribution is 2.18. The molecule has 1 rings (SSSR count). The Morgan fingerprint density at radius 2 is 2.18 bits per heavy atom. The summed E-state index contributed by atoms with van der Waals surface area (Å²) in [6.07, 6.45) is -2.95. The lowest BCUT2D eigenvalue weighted by Crippen LogP contribution is -2.33. The number of ether oxygens (including phenoxy) is 1. The van der Waals surface area contributed by atoms with E-state index in [0.29, 0.717) is 11.4 Å². The minimum atomic E-state index is -4.31. The number of hydrogen-bond acceptors (Lipinski definition) is 4. The van der Waals surface area contributed by atoms with Crippen molar-refractivity contribution in [2.75, 3.05) is 20.3 Å². The van der Waals surface area contributed by atoms with Crippen molar-refractivity contribution in [1.82, 2.24) is 10.3 Å². The van der Waals surface area contributed by atoms with Crippen molar-refractivity contribution in [3.8, 4) is 5.88 Å². The van der Waals surface area contributed by atoms with Crippen molar-refractivity contribution in [2.45, 2.75) is 12.2 Å². The third-order valence-corrected chi connectivity index (χ3v) is 2.10. The van der Waals surface area contributed by atoms with E-state index in [4.69, 9.17) is 9.84 Å². The van der Waals surface area contributed by atoms with Gasteiger partial charge in [0.15, 0.2) is 0 Å². The van der Waals surface area contributed by atoms with Crippen molar-refractivity contribution in [3.05, 3.63) is 23.9 Å². The van der Waals surface area contributed by atoms with Crippen molar-refractivity contribution < 1.29 is 23.0 Å². The van der Waals surface area contributed by atoms with E-state index in [9.17, 15) is 13.2 Å². The molecule has 0 bridgehead atoms. The molecule has 0 aliphatic heterocycles. The standard InChI is InChI=1S/C10H13F3N2O2/c1-17-9-3-2-7(4-14-9)8(5-16)15-6-10(11,12)13/h2-4,8,15-16H,5-6H2,1H3. The minimum Gasteiger partial charge on any atom is -0.481 e. The van der Waals surface area contributed by atoms with Crippen molar-refractivity contribution in [1.29, 1.82) is 0 Å². The third kappa shape index (κ3) is 4.58. The Morgan fingerprint density at radius 3 is 2.59 bits per heavy atom. The number of aromatic nitrogens is 1. The molecule has 1 aromatic heterocycles. The number of aliphatic hydroxyl groups is 1. The molecule has 0 saturated heterocycles. The first-order chi connectivity index (χ1) is 7.96. The minimum absolute atomic E-state index is 0.362. The van der Waals surface area contributed by atoms with Gasteiger partial charge < -0.3 is 9.84 Å². The molecule has 1 aromatic rings. The van der Waals surface area contributed by atoms with E-state index < -0.39 is 25.4 Å². The molecule has 0 fully saturated rings. The van der Waals surface area contributed by atoms with Crippen LogP contribution in [0.5, 0.6) is 5.88 Å². The second kappa shape index (κ2) is 5.83. The molecule has 1 heterocycles. The summed E-state index contributed by atoms with van der Waals surface area (Å²) in [5.41, 5.74) is 0.470. The first-order valence-electron chi connectivity index (χ1n) is 4.87. The molecule has 0 aliphatic rings. The average Bonchev–Trinajstić information content (AvgIpc) is 2.29. The monoisotopic (exact) mass is 250 g/mol. The zero-order valence-corrected chi connectivity index (χ0v) is 9.16. The molecule has 1 unspecified atom stereocenters. The molecule has 2 N–H and O–H groups in total. The summed E-state index contributed by atoms with van der Waals surface area (Å²) in [7, 11) is 1.44. The molecular weight excluding hydrogens is 237 g/mol. The van der Waals surface area contributed by atoms with Crippen molar-refractivity contribution in [3.63, 3.8) is 0 Å². The maximum absolute atomic E-state index is 12.0. The van der Waals surface area contributed by atoms with Gasteiger partial charge in [0.1, 0.15) is 0 Å². The van der Waals surface area contributed by atoms with Crippen LogP contribution in [0.2, 0.25) is 0 Å².